The minimum absolute atomic E-state index is 0.0655. The lowest BCUT2D eigenvalue weighted by molar-refractivity contribution is -0.117. The average Bonchev–Trinajstić information content (AvgIpc) is 2.98. The number of carbonyl (C=O) groups is 2. The SMILES string of the molecule is C=CC1CC(=O)N(c2c(C(=O)O)sc3ncccc23)C1. The summed E-state index contributed by atoms with van der Waals surface area (Å²) < 4.78 is 0. The van der Waals surface area contributed by atoms with Gasteiger partial charge in [0.15, 0.2) is 0 Å². The highest BCUT2D eigenvalue weighted by atomic mass is 32.1. The first-order chi connectivity index (χ1) is 9.61. The van der Waals surface area contributed by atoms with Gasteiger partial charge in [-0.25, -0.2) is 9.78 Å². The van der Waals surface area contributed by atoms with Crippen LogP contribution in [-0.4, -0.2) is 28.5 Å². The quantitative estimate of drug-likeness (QED) is 0.881. The molecule has 6 heteroatoms. The van der Waals surface area contributed by atoms with Gasteiger partial charge in [-0.3, -0.25) is 4.79 Å². The number of carboxylic acid groups (broad SMARTS) is 1. The molecule has 3 rings (SSSR count). The number of carboxylic acids is 1. The molecule has 2 aromatic heterocycles. The fourth-order valence-electron chi connectivity index (χ4n) is 2.44. The van der Waals surface area contributed by atoms with Crippen LogP contribution in [0.1, 0.15) is 16.1 Å². The number of fused-ring (bicyclic) bond motifs is 1. The molecule has 0 spiro atoms. The van der Waals surface area contributed by atoms with E-state index in [1.807, 2.05) is 0 Å². The second-order valence-electron chi connectivity index (χ2n) is 4.65. The van der Waals surface area contributed by atoms with E-state index in [4.69, 9.17) is 0 Å². The van der Waals surface area contributed by atoms with Gasteiger partial charge in [-0.15, -0.1) is 17.9 Å². The highest BCUT2D eigenvalue weighted by Crippen LogP contribution is 2.39. The molecular weight excluding hydrogens is 276 g/mol. The molecule has 1 fully saturated rings. The Kier molecular flexibility index (Phi) is 3.02. The molecule has 3 heterocycles. The van der Waals surface area contributed by atoms with Crippen molar-refractivity contribution in [3.05, 3.63) is 35.9 Å². The summed E-state index contributed by atoms with van der Waals surface area (Å²) in [6, 6.07) is 3.55. The molecule has 1 N–H and O–H groups in total. The van der Waals surface area contributed by atoms with Crippen LogP contribution in [0.5, 0.6) is 0 Å². The van der Waals surface area contributed by atoms with Crippen LogP contribution in [0, 0.1) is 5.92 Å². The van der Waals surface area contributed by atoms with E-state index in [-0.39, 0.29) is 16.7 Å². The lowest BCUT2D eigenvalue weighted by Crippen LogP contribution is -2.25. The van der Waals surface area contributed by atoms with Crippen LogP contribution in [0.2, 0.25) is 0 Å². The van der Waals surface area contributed by atoms with E-state index in [9.17, 15) is 14.7 Å². The maximum absolute atomic E-state index is 12.1. The van der Waals surface area contributed by atoms with Crippen molar-refractivity contribution in [2.45, 2.75) is 6.42 Å². The molecular formula is C14H12N2O3S. The molecule has 0 aliphatic carbocycles. The Labute approximate surface area is 119 Å². The number of pyridine rings is 1. The number of anilines is 1. The second-order valence-corrected chi connectivity index (χ2v) is 5.64. The van der Waals surface area contributed by atoms with Gasteiger partial charge in [0, 0.05) is 30.5 Å². The van der Waals surface area contributed by atoms with E-state index < -0.39 is 5.97 Å². The Morgan fingerprint density at radius 1 is 1.60 bits per heavy atom. The lowest BCUT2D eigenvalue weighted by atomic mass is 10.1. The Bertz CT molecular complexity index is 722. The van der Waals surface area contributed by atoms with Crippen molar-refractivity contribution in [2.75, 3.05) is 11.4 Å². The van der Waals surface area contributed by atoms with Crippen molar-refractivity contribution in [1.29, 1.82) is 0 Å². The molecule has 102 valence electrons. The predicted octanol–water partition coefficient (Wildman–Crippen LogP) is 2.53. The van der Waals surface area contributed by atoms with Crippen LogP contribution in [0.3, 0.4) is 0 Å². The van der Waals surface area contributed by atoms with E-state index in [0.29, 0.717) is 28.9 Å². The number of carbonyl (C=O) groups excluding carboxylic acids is 1. The normalized spacial score (nSPS) is 18.7. The minimum Gasteiger partial charge on any atom is -0.477 e. The highest BCUT2D eigenvalue weighted by molar-refractivity contribution is 7.21. The van der Waals surface area contributed by atoms with Gasteiger partial charge in [0.2, 0.25) is 5.91 Å². The number of thiophene rings is 1. The summed E-state index contributed by atoms with van der Waals surface area (Å²) in [6.45, 7) is 4.18. The van der Waals surface area contributed by atoms with E-state index >= 15 is 0 Å². The minimum atomic E-state index is -1.03. The molecule has 1 aliphatic rings. The third-order valence-corrected chi connectivity index (χ3v) is 4.48. The van der Waals surface area contributed by atoms with Gasteiger partial charge in [0.05, 0.1) is 5.69 Å². The maximum Gasteiger partial charge on any atom is 0.348 e. The van der Waals surface area contributed by atoms with Gasteiger partial charge in [-0.05, 0) is 12.1 Å². The van der Waals surface area contributed by atoms with Crippen molar-refractivity contribution in [3.8, 4) is 0 Å². The Balaban J connectivity index is 2.19. The number of nitrogens with zero attached hydrogens (tertiary/aromatic N) is 2. The van der Waals surface area contributed by atoms with Gasteiger partial charge in [0.1, 0.15) is 9.71 Å². The number of hydrogen-bond acceptors (Lipinski definition) is 4. The number of aromatic nitrogens is 1. The van der Waals surface area contributed by atoms with Gasteiger partial charge in [-0.2, -0.15) is 0 Å². The fourth-order valence-corrected chi connectivity index (χ4v) is 3.43. The van der Waals surface area contributed by atoms with E-state index in [1.165, 1.54) is 0 Å². The van der Waals surface area contributed by atoms with Crippen molar-refractivity contribution < 1.29 is 14.7 Å². The monoisotopic (exact) mass is 288 g/mol. The molecule has 1 atom stereocenters. The van der Waals surface area contributed by atoms with Crippen molar-refractivity contribution in [2.24, 2.45) is 5.92 Å². The first kappa shape index (κ1) is 12.8. The maximum atomic E-state index is 12.1. The summed E-state index contributed by atoms with van der Waals surface area (Å²) >= 11 is 1.10. The highest BCUT2D eigenvalue weighted by Gasteiger charge is 2.33. The van der Waals surface area contributed by atoms with E-state index in [2.05, 4.69) is 11.6 Å². The Morgan fingerprint density at radius 3 is 3.05 bits per heavy atom. The molecule has 1 unspecified atom stereocenters. The fraction of sp³-hybridized carbons (Fsp3) is 0.214. The molecule has 1 saturated heterocycles. The largest absolute Gasteiger partial charge is 0.477 e. The molecule has 1 aliphatic heterocycles. The average molecular weight is 288 g/mol. The summed E-state index contributed by atoms with van der Waals surface area (Å²) in [5, 5.41) is 10.1. The zero-order valence-electron chi connectivity index (χ0n) is 10.6. The number of aromatic carboxylic acids is 1. The van der Waals surface area contributed by atoms with Crippen molar-refractivity contribution >= 4 is 39.1 Å². The Hall–Kier alpha value is -2.21. The molecule has 2 aromatic rings. The van der Waals surface area contributed by atoms with Crippen molar-refractivity contribution in [1.82, 2.24) is 4.98 Å². The summed E-state index contributed by atoms with van der Waals surface area (Å²) in [7, 11) is 0. The summed E-state index contributed by atoms with van der Waals surface area (Å²) in [4.78, 5) is 30.1. The smallest absolute Gasteiger partial charge is 0.348 e. The van der Waals surface area contributed by atoms with Crippen LogP contribution in [0.4, 0.5) is 5.69 Å². The number of rotatable bonds is 3. The van der Waals surface area contributed by atoms with Crippen molar-refractivity contribution in [3.63, 3.8) is 0 Å². The second kappa shape index (κ2) is 4.72. The van der Waals surface area contributed by atoms with Crippen LogP contribution >= 0.6 is 11.3 Å². The Morgan fingerprint density at radius 2 is 2.40 bits per heavy atom. The molecule has 0 aromatic carbocycles. The first-order valence-corrected chi connectivity index (χ1v) is 6.97. The number of hydrogen-bond donors (Lipinski definition) is 1. The predicted molar refractivity (Wildman–Crippen MR) is 77.2 cm³/mol. The van der Waals surface area contributed by atoms with E-state index in [1.54, 1.807) is 29.3 Å². The van der Waals surface area contributed by atoms with Crippen LogP contribution < -0.4 is 4.90 Å². The summed E-state index contributed by atoms with van der Waals surface area (Å²) in [6.07, 6.45) is 3.73. The molecule has 0 saturated carbocycles. The van der Waals surface area contributed by atoms with Gasteiger partial charge in [-0.1, -0.05) is 6.08 Å². The summed E-state index contributed by atoms with van der Waals surface area (Å²) in [5.74, 6) is -1.03. The molecule has 1 amide bonds. The third kappa shape index (κ3) is 1.89. The molecule has 20 heavy (non-hydrogen) atoms. The third-order valence-electron chi connectivity index (χ3n) is 3.39. The van der Waals surface area contributed by atoms with Crippen LogP contribution in [0.15, 0.2) is 31.0 Å². The van der Waals surface area contributed by atoms with Gasteiger partial charge < -0.3 is 10.0 Å². The topological polar surface area (TPSA) is 70.5 Å². The van der Waals surface area contributed by atoms with Gasteiger partial charge in [0.25, 0.3) is 0 Å². The molecule has 5 nitrogen and oxygen atoms in total. The zero-order chi connectivity index (χ0) is 14.3. The summed E-state index contributed by atoms with van der Waals surface area (Å²) in [5.41, 5.74) is 0.472. The van der Waals surface area contributed by atoms with E-state index in [0.717, 1.165) is 11.3 Å². The first-order valence-electron chi connectivity index (χ1n) is 6.15. The molecule has 0 bridgehead atoms. The number of amides is 1. The van der Waals surface area contributed by atoms with Crippen LogP contribution in [-0.2, 0) is 4.79 Å². The lowest BCUT2D eigenvalue weighted by Gasteiger charge is -2.16. The van der Waals surface area contributed by atoms with Crippen LogP contribution in [0.25, 0.3) is 10.2 Å². The standard InChI is InChI=1S/C14H12N2O3S/c1-2-8-6-10(17)16(7-8)11-9-4-3-5-15-13(9)20-12(11)14(18)19/h2-5,8H,1,6-7H2,(H,18,19). The zero-order valence-corrected chi connectivity index (χ0v) is 11.4. The van der Waals surface area contributed by atoms with Gasteiger partial charge >= 0.3 is 5.97 Å². The molecule has 0 radical (unpaired) electrons.